The van der Waals surface area contributed by atoms with Crippen molar-refractivity contribution in [1.29, 1.82) is 0 Å². The van der Waals surface area contributed by atoms with E-state index in [-0.39, 0.29) is 18.8 Å². The minimum absolute atomic E-state index is 0.0565. The summed E-state index contributed by atoms with van der Waals surface area (Å²) < 4.78 is 30.8. The summed E-state index contributed by atoms with van der Waals surface area (Å²) in [6.07, 6.45) is 0.588. The zero-order chi connectivity index (χ0) is 19.8. The minimum atomic E-state index is -0.588. The molecular weight excluding hydrogens is 356 g/mol. The van der Waals surface area contributed by atoms with Gasteiger partial charge in [0.25, 0.3) is 0 Å². The van der Waals surface area contributed by atoms with Crippen molar-refractivity contribution in [3.8, 4) is 17.2 Å². The second-order valence-corrected chi connectivity index (χ2v) is 5.45. The van der Waals surface area contributed by atoms with Gasteiger partial charge >= 0.3 is 11.9 Å². The van der Waals surface area contributed by atoms with Gasteiger partial charge in [-0.1, -0.05) is 0 Å². The first-order valence-corrected chi connectivity index (χ1v) is 8.13. The topological polar surface area (TPSA) is 93.4 Å². The van der Waals surface area contributed by atoms with Crippen molar-refractivity contribution in [3.63, 3.8) is 0 Å². The number of rotatable bonds is 9. The van der Waals surface area contributed by atoms with Gasteiger partial charge in [0.2, 0.25) is 11.5 Å². The van der Waals surface area contributed by atoms with Crippen LogP contribution in [0.3, 0.4) is 0 Å². The van der Waals surface area contributed by atoms with Crippen LogP contribution in [0.5, 0.6) is 17.2 Å². The molecule has 0 amide bonds. The van der Waals surface area contributed by atoms with Crippen LogP contribution in [0.4, 0.5) is 0 Å². The summed E-state index contributed by atoms with van der Waals surface area (Å²) in [5.74, 6) is 0.954. The lowest BCUT2D eigenvalue weighted by molar-refractivity contribution is -0.145. The van der Waals surface area contributed by atoms with Crippen molar-refractivity contribution >= 4 is 11.9 Å². The van der Waals surface area contributed by atoms with Crippen molar-refractivity contribution < 1.29 is 37.7 Å². The van der Waals surface area contributed by atoms with Crippen molar-refractivity contribution in [2.24, 2.45) is 0 Å². The van der Waals surface area contributed by atoms with Gasteiger partial charge in [-0.25, -0.2) is 4.79 Å². The SMILES string of the molecule is COC(=O)c1ccc(COC(=O)CCc2cc(OC)c(OC)c(OC)c2)o1. The minimum Gasteiger partial charge on any atom is -0.493 e. The highest BCUT2D eigenvalue weighted by atomic mass is 16.6. The first-order chi connectivity index (χ1) is 13.0. The van der Waals surface area contributed by atoms with Crippen LogP contribution in [-0.2, 0) is 27.3 Å². The molecule has 0 N–H and O–H groups in total. The maximum Gasteiger partial charge on any atom is 0.373 e. The zero-order valence-corrected chi connectivity index (χ0v) is 15.7. The summed E-state index contributed by atoms with van der Waals surface area (Å²) in [7, 11) is 5.84. The molecule has 0 bridgehead atoms. The van der Waals surface area contributed by atoms with E-state index in [1.165, 1.54) is 34.5 Å². The fraction of sp³-hybridized carbons (Fsp3) is 0.368. The van der Waals surface area contributed by atoms with Crippen LogP contribution in [0, 0.1) is 0 Å². The van der Waals surface area contributed by atoms with Gasteiger partial charge in [0.15, 0.2) is 11.5 Å². The van der Waals surface area contributed by atoms with Crippen LogP contribution < -0.4 is 14.2 Å². The number of methoxy groups -OCH3 is 4. The van der Waals surface area contributed by atoms with E-state index in [9.17, 15) is 9.59 Å². The number of benzene rings is 1. The number of hydrogen-bond acceptors (Lipinski definition) is 8. The molecule has 146 valence electrons. The number of carbonyl (C=O) groups excluding carboxylic acids is 2. The van der Waals surface area contributed by atoms with E-state index in [4.69, 9.17) is 23.4 Å². The highest BCUT2D eigenvalue weighted by molar-refractivity contribution is 5.86. The van der Waals surface area contributed by atoms with Crippen LogP contribution in [0.15, 0.2) is 28.7 Å². The summed E-state index contributed by atoms with van der Waals surface area (Å²) in [5, 5.41) is 0. The van der Waals surface area contributed by atoms with Crippen LogP contribution >= 0.6 is 0 Å². The number of carbonyl (C=O) groups is 2. The first kappa shape index (κ1) is 20.2. The third-order valence-corrected chi connectivity index (χ3v) is 3.77. The molecule has 8 heteroatoms. The van der Waals surface area contributed by atoms with Crippen molar-refractivity contribution in [3.05, 3.63) is 41.3 Å². The number of esters is 2. The maximum atomic E-state index is 12.0. The standard InChI is InChI=1S/C19H22O8/c1-22-15-9-12(10-16(23-2)18(15)24-3)5-8-17(20)26-11-13-6-7-14(27-13)19(21)25-4/h6-7,9-10H,5,8,11H2,1-4H3. The normalized spacial score (nSPS) is 10.2. The lowest BCUT2D eigenvalue weighted by Crippen LogP contribution is -2.06. The van der Waals surface area contributed by atoms with Crippen molar-refractivity contribution in [1.82, 2.24) is 0 Å². The molecule has 1 aromatic carbocycles. The van der Waals surface area contributed by atoms with Gasteiger partial charge < -0.3 is 28.1 Å². The molecule has 8 nitrogen and oxygen atoms in total. The molecule has 0 aliphatic rings. The van der Waals surface area contributed by atoms with Gasteiger partial charge in [-0.15, -0.1) is 0 Å². The second-order valence-electron chi connectivity index (χ2n) is 5.45. The molecule has 1 heterocycles. The highest BCUT2D eigenvalue weighted by Gasteiger charge is 2.15. The predicted molar refractivity (Wildman–Crippen MR) is 94.3 cm³/mol. The molecule has 0 atom stereocenters. The van der Waals surface area contributed by atoms with E-state index >= 15 is 0 Å². The Bertz CT molecular complexity index is 768. The fourth-order valence-corrected chi connectivity index (χ4v) is 2.42. The Morgan fingerprint density at radius 3 is 2.19 bits per heavy atom. The lowest BCUT2D eigenvalue weighted by atomic mass is 10.1. The van der Waals surface area contributed by atoms with Gasteiger partial charge in [-0.2, -0.15) is 0 Å². The Morgan fingerprint density at radius 1 is 0.963 bits per heavy atom. The summed E-state index contributed by atoms with van der Waals surface area (Å²) in [6.45, 7) is -0.0644. The Labute approximate surface area is 156 Å². The highest BCUT2D eigenvalue weighted by Crippen LogP contribution is 2.38. The van der Waals surface area contributed by atoms with E-state index < -0.39 is 11.9 Å². The molecule has 0 radical (unpaired) electrons. The van der Waals surface area contributed by atoms with E-state index in [0.29, 0.717) is 29.4 Å². The molecule has 0 spiro atoms. The van der Waals surface area contributed by atoms with E-state index in [0.717, 1.165) is 5.56 Å². The molecule has 1 aromatic heterocycles. The first-order valence-electron chi connectivity index (χ1n) is 8.13. The van der Waals surface area contributed by atoms with Gasteiger partial charge in [0.05, 0.1) is 28.4 Å². The van der Waals surface area contributed by atoms with Crippen LogP contribution in [0.2, 0.25) is 0 Å². The molecule has 0 unspecified atom stereocenters. The van der Waals surface area contributed by atoms with Gasteiger partial charge in [-0.05, 0) is 36.2 Å². The molecule has 27 heavy (non-hydrogen) atoms. The van der Waals surface area contributed by atoms with Crippen molar-refractivity contribution in [2.45, 2.75) is 19.4 Å². The van der Waals surface area contributed by atoms with Crippen LogP contribution in [0.1, 0.15) is 28.3 Å². The monoisotopic (exact) mass is 378 g/mol. The van der Waals surface area contributed by atoms with E-state index in [2.05, 4.69) is 4.74 Å². The third kappa shape index (κ3) is 5.16. The third-order valence-electron chi connectivity index (χ3n) is 3.77. The largest absolute Gasteiger partial charge is 0.493 e. The predicted octanol–water partition coefficient (Wildman–Crippen LogP) is 2.77. The molecule has 0 aliphatic heterocycles. The molecule has 2 rings (SSSR count). The van der Waals surface area contributed by atoms with E-state index in [1.54, 1.807) is 18.2 Å². The average molecular weight is 378 g/mol. The number of ether oxygens (including phenoxy) is 5. The smallest absolute Gasteiger partial charge is 0.373 e. The number of hydrogen-bond donors (Lipinski definition) is 0. The number of furan rings is 1. The van der Waals surface area contributed by atoms with Crippen molar-refractivity contribution in [2.75, 3.05) is 28.4 Å². The summed E-state index contributed by atoms with van der Waals surface area (Å²) in [6, 6.07) is 6.58. The molecule has 0 saturated heterocycles. The Hall–Kier alpha value is -3.16. The molecule has 0 saturated carbocycles. The summed E-state index contributed by atoms with van der Waals surface area (Å²) in [4.78, 5) is 23.3. The molecule has 0 fully saturated rings. The Morgan fingerprint density at radius 2 is 1.63 bits per heavy atom. The van der Waals surface area contributed by atoms with Crippen LogP contribution in [-0.4, -0.2) is 40.4 Å². The van der Waals surface area contributed by atoms with Gasteiger partial charge in [-0.3, -0.25) is 4.79 Å². The summed E-state index contributed by atoms with van der Waals surface area (Å²) in [5.41, 5.74) is 0.840. The van der Waals surface area contributed by atoms with Crippen LogP contribution in [0.25, 0.3) is 0 Å². The second kappa shape index (κ2) is 9.51. The Balaban J connectivity index is 1.91. The van der Waals surface area contributed by atoms with Gasteiger partial charge in [0, 0.05) is 6.42 Å². The zero-order valence-electron chi connectivity index (χ0n) is 15.7. The van der Waals surface area contributed by atoms with E-state index in [1.807, 2.05) is 0 Å². The average Bonchev–Trinajstić information content (AvgIpc) is 3.18. The maximum absolute atomic E-state index is 12.0. The quantitative estimate of drug-likeness (QED) is 0.615. The molecule has 0 aliphatic carbocycles. The molecular formula is C19H22O8. The number of aryl methyl sites for hydroxylation is 1. The lowest BCUT2D eigenvalue weighted by Gasteiger charge is -2.14. The summed E-state index contributed by atoms with van der Waals surface area (Å²) >= 11 is 0. The fourth-order valence-electron chi connectivity index (χ4n) is 2.42. The van der Waals surface area contributed by atoms with Gasteiger partial charge in [0.1, 0.15) is 12.4 Å². The molecule has 2 aromatic rings. The Kier molecular flexibility index (Phi) is 7.10.